The molecule has 0 spiro atoms. The van der Waals surface area contributed by atoms with Crippen LogP contribution >= 0.6 is 58.0 Å². The van der Waals surface area contributed by atoms with Gasteiger partial charge in [-0.2, -0.15) is 5.10 Å². The van der Waals surface area contributed by atoms with Gasteiger partial charge in [0.2, 0.25) is 0 Å². The Labute approximate surface area is 178 Å². The molecule has 0 bridgehead atoms. The molecule has 27 heavy (non-hydrogen) atoms. The van der Waals surface area contributed by atoms with Crippen molar-refractivity contribution in [1.82, 2.24) is 9.78 Å². The largest absolute Gasteiger partial charge is 0.482 e. The number of amides is 1. The Morgan fingerprint density at radius 3 is 2.30 bits per heavy atom. The van der Waals surface area contributed by atoms with Gasteiger partial charge in [0, 0.05) is 19.3 Å². The lowest BCUT2D eigenvalue weighted by atomic mass is 10.3. The zero-order valence-electron chi connectivity index (χ0n) is 13.5. The molecule has 0 fully saturated rings. The van der Waals surface area contributed by atoms with Crippen LogP contribution in [0.5, 0.6) is 5.75 Å². The van der Waals surface area contributed by atoms with Crippen LogP contribution in [0.2, 0.25) is 25.1 Å². The van der Waals surface area contributed by atoms with Crippen LogP contribution in [0.4, 0.5) is 5.82 Å². The van der Waals surface area contributed by atoms with E-state index in [1.54, 1.807) is 30.1 Å². The van der Waals surface area contributed by atoms with Crippen molar-refractivity contribution < 1.29 is 13.9 Å². The third-order valence-electron chi connectivity index (χ3n) is 3.37. The van der Waals surface area contributed by atoms with Gasteiger partial charge in [0.15, 0.2) is 17.3 Å². The second kappa shape index (κ2) is 8.20. The number of aryl methyl sites for hydroxylation is 1. The summed E-state index contributed by atoms with van der Waals surface area (Å²) < 4.78 is 12.6. The number of hydrogen-bond acceptors (Lipinski definition) is 4. The molecule has 2 heterocycles. The van der Waals surface area contributed by atoms with Gasteiger partial charge in [-0.05, 0) is 12.1 Å². The van der Waals surface area contributed by atoms with Crippen molar-refractivity contribution in [3.05, 3.63) is 61.0 Å². The predicted molar refractivity (Wildman–Crippen MR) is 106 cm³/mol. The van der Waals surface area contributed by atoms with Crippen molar-refractivity contribution in [2.75, 3.05) is 5.32 Å². The first-order valence-corrected chi connectivity index (χ1v) is 9.21. The summed E-state index contributed by atoms with van der Waals surface area (Å²) in [6.07, 6.45) is 1.70. The van der Waals surface area contributed by atoms with E-state index in [0.717, 1.165) is 0 Å². The number of furan rings is 1. The predicted octanol–water partition coefficient (Wildman–Crippen LogP) is 6.11. The summed E-state index contributed by atoms with van der Waals surface area (Å²) >= 11 is 30.1. The van der Waals surface area contributed by atoms with Gasteiger partial charge in [-0.25, -0.2) is 0 Å². The molecule has 0 saturated heterocycles. The summed E-state index contributed by atoms with van der Waals surface area (Å²) in [7, 11) is 1.74. The molecule has 1 amide bonds. The number of carbonyl (C=O) groups excluding carboxylic acids is 1. The van der Waals surface area contributed by atoms with Crippen molar-refractivity contribution in [3.8, 4) is 5.75 Å². The highest BCUT2D eigenvalue weighted by Crippen LogP contribution is 2.48. The maximum absolute atomic E-state index is 12.2. The Morgan fingerprint density at radius 1 is 1.07 bits per heavy atom. The lowest BCUT2D eigenvalue weighted by Crippen LogP contribution is -2.11. The minimum Gasteiger partial charge on any atom is -0.482 e. The highest BCUT2D eigenvalue weighted by Gasteiger charge is 2.21. The van der Waals surface area contributed by atoms with Crippen LogP contribution in [0, 0.1) is 0 Å². The highest BCUT2D eigenvalue weighted by molar-refractivity contribution is 6.55. The van der Waals surface area contributed by atoms with Crippen LogP contribution in [0.1, 0.15) is 16.3 Å². The van der Waals surface area contributed by atoms with Crippen molar-refractivity contribution in [2.24, 2.45) is 7.05 Å². The number of halogens is 5. The molecule has 0 radical (unpaired) electrons. The second-order valence-electron chi connectivity index (χ2n) is 5.28. The van der Waals surface area contributed by atoms with Gasteiger partial charge in [0.05, 0.1) is 15.1 Å². The third-order valence-corrected chi connectivity index (χ3v) is 5.61. The summed E-state index contributed by atoms with van der Waals surface area (Å²) in [5.74, 6) is 0.460. The molecular formula is C16H10Cl5N3O3. The molecule has 0 unspecified atom stereocenters. The molecule has 3 aromatic rings. The summed E-state index contributed by atoms with van der Waals surface area (Å²) in [5.41, 5.74) is 0. The third kappa shape index (κ3) is 4.31. The fourth-order valence-electron chi connectivity index (χ4n) is 2.09. The Hall–Kier alpha value is -1.57. The number of carbonyl (C=O) groups is 1. The van der Waals surface area contributed by atoms with Gasteiger partial charge < -0.3 is 14.5 Å². The number of ether oxygens (including phenoxy) is 1. The lowest BCUT2D eigenvalue weighted by molar-refractivity contribution is 0.0992. The average Bonchev–Trinajstić information content (AvgIpc) is 3.27. The number of rotatable bonds is 5. The van der Waals surface area contributed by atoms with Crippen molar-refractivity contribution >= 4 is 69.7 Å². The Balaban J connectivity index is 1.71. The van der Waals surface area contributed by atoms with Crippen molar-refractivity contribution in [1.29, 1.82) is 0 Å². The van der Waals surface area contributed by atoms with Crippen LogP contribution in [-0.2, 0) is 13.7 Å². The Morgan fingerprint density at radius 2 is 1.70 bits per heavy atom. The smallest absolute Gasteiger partial charge is 0.292 e. The molecule has 0 aliphatic heterocycles. The van der Waals surface area contributed by atoms with E-state index in [0.29, 0.717) is 11.6 Å². The van der Waals surface area contributed by atoms with E-state index in [1.807, 2.05) is 0 Å². The minimum atomic E-state index is -0.450. The number of nitrogens with one attached hydrogen (secondary N) is 1. The molecule has 1 N–H and O–H groups in total. The Kier molecular flexibility index (Phi) is 6.13. The summed E-state index contributed by atoms with van der Waals surface area (Å²) in [5, 5.41) is 6.80. The van der Waals surface area contributed by atoms with Gasteiger partial charge in [-0.3, -0.25) is 9.48 Å². The van der Waals surface area contributed by atoms with Crippen LogP contribution in [0.3, 0.4) is 0 Å². The standard InChI is InChI=1S/C16H10Cl5N3O3/c1-24-5-4-9(23-24)22-16(25)8-3-2-7(27-8)6-26-15-13(20)11(18)10(17)12(19)14(15)21/h2-5H,6H2,1H3,(H,22,23,25). The average molecular weight is 470 g/mol. The molecule has 0 atom stereocenters. The number of anilines is 1. The van der Waals surface area contributed by atoms with Crippen molar-refractivity contribution in [3.63, 3.8) is 0 Å². The summed E-state index contributed by atoms with van der Waals surface area (Å²) in [4.78, 5) is 12.2. The summed E-state index contributed by atoms with van der Waals surface area (Å²) in [6, 6.07) is 4.74. The molecule has 142 valence electrons. The topological polar surface area (TPSA) is 69.3 Å². The van der Waals surface area contributed by atoms with E-state index in [4.69, 9.17) is 67.2 Å². The molecule has 0 aliphatic carbocycles. The van der Waals surface area contributed by atoms with Gasteiger partial charge in [0.25, 0.3) is 5.91 Å². The first-order valence-electron chi connectivity index (χ1n) is 7.32. The Bertz CT molecular complexity index is 986. The number of hydrogen-bond donors (Lipinski definition) is 1. The molecular weight excluding hydrogens is 459 g/mol. The van der Waals surface area contributed by atoms with Gasteiger partial charge in [-0.15, -0.1) is 0 Å². The maximum atomic E-state index is 12.2. The van der Waals surface area contributed by atoms with E-state index in [9.17, 15) is 4.79 Å². The molecule has 3 rings (SSSR count). The van der Waals surface area contributed by atoms with Crippen molar-refractivity contribution in [2.45, 2.75) is 6.61 Å². The summed E-state index contributed by atoms with van der Waals surface area (Å²) in [6.45, 7) is -0.0649. The van der Waals surface area contributed by atoms with E-state index in [-0.39, 0.29) is 43.2 Å². The highest BCUT2D eigenvalue weighted by atomic mass is 35.5. The first-order chi connectivity index (χ1) is 12.8. The molecule has 0 saturated carbocycles. The normalized spacial score (nSPS) is 10.9. The molecule has 2 aromatic heterocycles. The zero-order valence-corrected chi connectivity index (χ0v) is 17.3. The molecule has 6 nitrogen and oxygen atoms in total. The van der Waals surface area contributed by atoms with Crippen LogP contribution in [-0.4, -0.2) is 15.7 Å². The van der Waals surface area contributed by atoms with Crippen LogP contribution < -0.4 is 10.1 Å². The van der Waals surface area contributed by atoms with Gasteiger partial charge in [0.1, 0.15) is 22.4 Å². The van der Waals surface area contributed by atoms with Gasteiger partial charge in [-0.1, -0.05) is 58.0 Å². The first kappa shape index (κ1) is 20.2. The lowest BCUT2D eigenvalue weighted by Gasteiger charge is -2.12. The second-order valence-corrected chi connectivity index (χ2v) is 7.17. The van der Waals surface area contributed by atoms with E-state index < -0.39 is 5.91 Å². The van der Waals surface area contributed by atoms with E-state index >= 15 is 0 Å². The molecule has 1 aromatic carbocycles. The fourth-order valence-corrected chi connectivity index (χ4v) is 3.32. The number of aromatic nitrogens is 2. The zero-order chi connectivity index (χ0) is 19.7. The van der Waals surface area contributed by atoms with E-state index in [2.05, 4.69) is 10.4 Å². The molecule has 0 aliphatic rings. The number of benzene rings is 1. The molecule has 11 heteroatoms. The monoisotopic (exact) mass is 467 g/mol. The maximum Gasteiger partial charge on any atom is 0.292 e. The number of nitrogens with zero attached hydrogens (tertiary/aromatic N) is 2. The van der Waals surface area contributed by atoms with E-state index in [1.165, 1.54) is 6.07 Å². The quantitative estimate of drug-likeness (QED) is 0.362. The minimum absolute atomic E-state index is 0.0238. The fraction of sp³-hybridized carbons (Fsp3) is 0.125. The van der Waals surface area contributed by atoms with Crippen LogP contribution in [0.15, 0.2) is 28.8 Å². The van der Waals surface area contributed by atoms with Gasteiger partial charge >= 0.3 is 0 Å². The SMILES string of the molecule is Cn1ccc(NC(=O)c2ccc(COc3c(Cl)c(Cl)c(Cl)c(Cl)c3Cl)o2)n1. The van der Waals surface area contributed by atoms with Crippen LogP contribution in [0.25, 0.3) is 0 Å².